The first kappa shape index (κ1) is 9.71. The van der Waals surface area contributed by atoms with Crippen LogP contribution in [0.5, 0.6) is 0 Å². The van der Waals surface area contributed by atoms with Gasteiger partial charge in [-0.3, -0.25) is 0 Å². The summed E-state index contributed by atoms with van der Waals surface area (Å²) >= 11 is 0. The van der Waals surface area contributed by atoms with Crippen molar-refractivity contribution >= 4 is 6.21 Å². The third-order valence-corrected chi connectivity index (χ3v) is 2.48. The summed E-state index contributed by atoms with van der Waals surface area (Å²) in [7, 11) is 0. The van der Waals surface area contributed by atoms with E-state index >= 15 is 0 Å². The quantitative estimate of drug-likeness (QED) is 0.712. The molecular formula is C13H14N2. The number of hydrogen-bond acceptors (Lipinski definition) is 1. The molecule has 0 bridgehead atoms. The van der Waals surface area contributed by atoms with Crippen molar-refractivity contribution < 1.29 is 0 Å². The molecule has 0 atom stereocenters. The first-order chi connectivity index (χ1) is 7.29. The number of aromatic nitrogens is 1. The molecule has 0 saturated heterocycles. The van der Waals surface area contributed by atoms with E-state index in [9.17, 15) is 0 Å². The summed E-state index contributed by atoms with van der Waals surface area (Å²) < 4.78 is 0. The Labute approximate surface area is 89.5 Å². The highest BCUT2D eigenvalue weighted by atomic mass is 14.7. The molecule has 0 unspecified atom stereocenters. The highest BCUT2D eigenvalue weighted by Crippen LogP contribution is 2.12. The maximum Gasteiger partial charge on any atom is 0.0253 e. The maximum atomic E-state index is 7.32. The summed E-state index contributed by atoms with van der Waals surface area (Å²) in [5, 5.41) is 7.32. The molecule has 15 heavy (non-hydrogen) atoms. The Morgan fingerprint density at radius 3 is 2.67 bits per heavy atom. The lowest BCUT2D eigenvalue weighted by molar-refractivity contribution is 1.08. The number of benzene rings is 1. The summed E-state index contributed by atoms with van der Waals surface area (Å²) in [6.45, 7) is 2.05. The largest absolute Gasteiger partial charge is 0.362 e. The third kappa shape index (κ3) is 2.15. The van der Waals surface area contributed by atoms with Crippen LogP contribution in [0.25, 0.3) is 0 Å². The fourth-order valence-electron chi connectivity index (χ4n) is 1.71. The van der Waals surface area contributed by atoms with Crippen molar-refractivity contribution in [2.45, 2.75) is 13.3 Å². The fourth-order valence-corrected chi connectivity index (χ4v) is 1.71. The minimum atomic E-state index is 0.861. The molecular weight excluding hydrogens is 184 g/mol. The number of aromatic amines is 1. The molecule has 76 valence electrons. The van der Waals surface area contributed by atoms with Gasteiger partial charge in [-0.15, -0.1) is 0 Å². The second-order valence-electron chi connectivity index (χ2n) is 3.69. The van der Waals surface area contributed by atoms with Gasteiger partial charge in [0, 0.05) is 24.0 Å². The first-order valence-corrected chi connectivity index (χ1v) is 5.02. The standard InChI is InChI=1S/C13H14N2/c1-10-6-7-13(15-10)8-11-4-2-3-5-12(11)9-14/h2-7,9,14-15H,8H2,1H3. The SMILES string of the molecule is Cc1ccc(Cc2ccccc2C=N)[nH]1. The molecule has 0 spiro atoms. The molecule has 0 aliphatic rings. The first-order valence-electron chi connectivity index (χ1n) is 5.02. The second kappa shape index (κ2) is 4.13. The minimum Gasteiger partial charge on any atom is -0.362 e. The maximum absolute atomic E-state index is 7.32. The van der Waals surface area contributed by atoms with Crippen LogP contribution in [0, 0.1) is 12.3 Å². The minimum absolute atomic E-state index is 0.861. The molecule has 1 aromatic heterocycles. The third-order valence-electron chi connectivity index (χ3n) is 2.48. The Bertz CT molecular complexity index is 469. The topological polar surface area (TPSA) is 39.6 Å². The van der Waals surface area contributed by atoms with E-state index in [2.05, 4.69) is 23.2 Å². The van der Waals surface area contributed by atoms with Crippen LogP contribution < -0.4 is 0 Å². The van der Waals surface area contributed by atoms with Crippen molar-refractivity contribution in [3.05, 3.63) is 58.9 Å². The van der Waals surface area contributed by atoms with Gasteiger partial charge in [-0.05, 0) is 30.2 Å². The summed E-state index contributed by atoms with van der Waals surface area (Å²) in [5.74, 6) is 0. The lowest BCUT2D eigenvalue weighted by Gasteiger charge is -2.03. The molecule has 0 amide bonds. The summed E-state index contributed by atoms with van der Waals surface area (Å²) in [4.78, 5) is 3.30. The number of rotatable bonds is 3. The van der Waals surface area contributed by atoms with Crippen molar-refractivity contribution in [2.24, 2.45) is 0 Å². The van der Waals surface area contributed by atoms with E-state index in [0.29, 0.717) is 0 Å². The van der Waals surface area contributed by atoms with Crippen LogP contribution in [0.3, 0.4) is 0 Å². The zero-order valence-electron chi connectivity index (χ0n) is 8.75. The number of H-pyrrole nitrogens is 1. The molecule has 2 rings (SSSR count). The summed E-state index contributed by atoms with van der Waals surface area (Å²) in [5.41, 5.74) is 4.55. The predicted molar refractivity (Wildman–Crippen MR) is 62.7 cm³/mol. The van der Waals surface area contributed by atoms with Gasteiger partial charge in [-0.25, -0.2) is 0 Å². The predicted octanol–water partition coefficient (Wildman–Crippen LogP) is 2.91. The van der Waals surface area contributed by atoms with Crippen LogP contribution in [-0.4, -0.2) is 11.2 Å². The van der Waals surface area contributed by atoms with Crippen LogP contribution in [0.1, 0.15) is 22.5 Å². The second-order valence-corrected chi connectivity index (χ2v) is 3.69. The molecule has 0 radical (unpaired) electrons. The van der Waals surface area contributed by atoms with Crippen molar-refractivity contribution in [3.63, 3.8) is 0 Å². The van der Waals surface area contributed by atoms with E-state index in [0.717, 1.165) is 12.0 Å². The van der Waals surface area contributed by atoms with Gasteiger partial charge in [-0.2, -0.15) is 0 Å². The lowest BCUT2D eigenvalue weighted by atomic mass is 10.0. The van der Waals surface area contributed by atoms with Gasteiger partial charge in [0.15, 0.2) is 0 Å². The summed E-state index contributed by atoms with van der Waals surface area (Å²) in [6.07, 6.45) is 2.27. The Hall–Kier alpha value is -1.83. The molecule has 2 N–H and O–H groups in total. The molecule has 2 aromatic rings. The van der Waals surface area contributed by atoms with Crippen LogP contribution in [-0.2, 0) is 6.42 Å². The molecule has 0 aliphatic carbocycles. The van der Waals surface area contributed by atoms with Crippen LogP contribution in [0.4, 0.5) is 0 Å². The smallest absolute Gasteiger partial charge is 0.0253 e. The number of nitrogens with one attached hydrogen (secondary N) is 2. The number of aryl methyl sites for hydroxylation is 1. The van der Waals surface area contributed by atoms with E-state index in [4.69, 9.17) is 5.41 Å². The average molecular weight is 198 g/mol. The van der Waals surface area contributed by atoms with Gasteiger partial charge < -0.3 is 10.4 Å². The molecule has 0 saturated carbocycles. The van der Waals surface area contributed by atoms with Crippen LogP contribution in [0.15, 0.2) is 36.4 Å². The van der Waals surface area contributed by atoms with E-state index in [1.54, 1.807) is 0 Å². The molecule has 1 heterocycles. The van der Waals surface area contributed by atoms with Crippen molar-refractivity contribution in [1.82, 2.24) is 4.98 Å². The lowest BCUT2D eigenvalue weighted by Crippen LogP contribution is -1.94. The molecule has 0 fully saturated rings. The Morgan fingerprint density at radius 1 is 1.20 bits per heavy atom. The molecule has 1 aromatic carbocycles. The van der Waals surface area contributed by atoms with Crippen LogP contribution in [0.2, 0.25) is 0 Å². The van der Waals surface area contributed by atoms with Crippen LogP contribution >= 0.6 is 0 Å². The molecule has 2 nitrogen and oxygen atoms in total. The van der Waals surface area contributed by atoms with E-state index < -0.39 is 0 Å². The van der Waals surface area contributed by atoms with Gasteiger partial charge in [-0.1, -0.05) is 24.3 Å². The molecule has 0 aliphatic heterocycles. The molecule has 2 heteroatoms. The zero-order valence-corrected chi connectivity index (χ0v) is 8.75. The normalized spacial score (nSPS) is 10.2. The Morgan fingerprint density at radius 2 is 2.00 bits per heavy atom. The highest BCUT2D eigenvalue weighted by Gasteiger charge is 2.01. The van der Waals surface area contributed by atoms with Gasteiger partial charge in [0.25, 0.3) is 0 Å². The van der Waals surface area contributed by atoms with Gasteiger partial charge in [0.1, 0.15) is 0 Å². The number of hydrogen-bond donors (Lipinski definition) is 2. The monoisotopic (exact) mass is 198 g/mol. The Kier molecular flexibility index (Phi) is 2.68. The fraction of sp³-hybridized carbons (Fsp3) is 0.154. The van der Waals surface area contributed by atoms with Gasteiger partial charge in [0.2, 0.25) is 0 Å². The summed E-state index contributed by atoms with van der Waals surface area (Å²) in [6, 6.07) is 12.2. The highest BCUT2D eigenvalue weighted by molar-refractivity contribution is 5.79. The van der Waals surface area contributed by atoms with E-state index in [1.165, 1.54) is 23.2 Å². The van der Waals surface area contributed by atoms with E-state index in [1.807, 2.05) is 25.1 Å². The van der Waals surface area contributed by atoms with E-state index in [-0.39, 0.29) is 0 Å². The average Bonchev–Trinajstić information content (AvgIpc) is 2.65. The Balaban J connectivity index is 2.27. The zero-order chi connectivity index (χ0) is 10.7. The van der Waals surface area contributed by atoms with Crippen molar-refractivity contribution in [1.29, 1.82) is 5.41 Å². The van der Waals surface area contributed by atoms with Gasteiger partial charge >= 0.3 is 0 Å². The van der Waals surface area contributed by atoms with Crippen molar-refractivity contribution in [3.8, 4) is 0 Å². The van der Waals surface area contributed by atoms with Gasteiger partial charge in [0.05, 0.1) is 0 Å². The van der Waals surface area contributed by atoms with Crippen molar-refractivity contribution in [2.75, 3.05) is 0 Å².